The largest absolute Gasteiger partial charge is 0.497 e. The number of rotatable bonds is 8. The number of nitrogens with one attached hydrogen (secondary N) is 2. The predicted molar refractivity (Wildman–Crippen MR) is 137 cm³/mol. The Balaban J connectivity index is 1.23. The van der Waals surface area contributed by atoms with E-state index < -0.39 is 6.10 Å². The van der Waals surface area contributed by atoms with Gasteiger partial charge in [-0.2, -0.15) is 0 Å². The Morgan fingerprint density at radius 3 is 2.68 bits per heavy atom. The maximum absolute atomic E-state index is 13.3. The van der Waals surface area contributed by atoms with Gasteiger partial charge in [-0.05, 0) is 67.6 Å². The molecule has 2 amide bonds. The zero-order valence-electron chi connectivity index (χ0n) is 21.4. The van der Waals surface area contributed by atoms with Gasteiger partial charge >= 0.3 is 0 Å². The summed E-state index contributed by atoms with van der Waals surface area (Å²) in [4.78, 5) is 28.3. The molecular formula is C28H35N3O6. The van der Waals surface area contributed by atoms with Gasteiger partial charge in [0.25, 0.3) is 11.8 Å². The van der Waals surface area contributed by atoms with Crippen LogP contribution in [-0.4, -0.2) is 79.5 Å². The van der Waals surface area contributed by atoms with E-state index in [1.165, 1.54) is 0 Å². The molecule has 0 spiro atoms. The van der Waals surface area contributed by atoms with Crippen LogP contribution in [0.15, 0.2) is 36.4 Å². The molecule has 0 radical (unpaired) electrons. The first-order chi connectivity index (χ1) is 18.0. The van der Waals surface area contributed by atoms with Gasteiger partial charge in [0.15, 0.2) is 0 Å². The molecule has 4 atom stereocenters. The van der Waals surface area contributed by atoms with Crippen LogP contribution in [0.25, 0.3) is 0 Å². The number of amides is 2. The normalized spacial score (nSPS) is 23.2. The smallest absolute Gasteiger partial charge is 0.255 e. The lowest BCUT2D eigenvalue weighted by Crippen LogP contribution is -2.49. The highest BCUT2D eigenvalue weighted by atomic mass is 16.5. The standard InChI is InChI=1S/C28H35N3O6/c1-3-37-26-12-18(28(34)31-20-6-7-21(31)16-36-15-20)5-9-23(26)27(33)30-14-25(32)24-11-17-4-8-22(35-2)10-19(17)13-29-24/h4-5,8-10,12,20-21,24-25,29,32H,3,6-7,11,13-16H2,1-2H3,(H,30,33)/t20?,21?,24-,25+/m0/s1. The topological polar surface area (TPSA) is 109 Å². The Bertz CT molecular complexity index is 1140. The van der Waals surface area contributed by atoms with E-state index in [0.29, 0.717) is 49.7 Å². The van der Waals surface area contributed by atoms with Crippen molar-refractivity contribution in [2.45, 2.75) is 57.0 Å². The number of aliphatic hydroxyl groups is 1. The molecule has 3 heterocycles. The Labute approximate surface area is 217 Å². The van der Waals surface area contributed by atoms with Gasteiger partial charge in [-0.3, -0.25) is 9.59 Å². The summed E-state index contributed by atoms with van der Waals surface area (Å²) in [6.45, 7) is 4.05. The third-order valence-corrected chi connectivity index (χ3v) is 7.59. The van der Waals surface area contributed by atoms with Crippen LogP contribution in [0.4, 0.5) is 0 Å². The zero-order valence-corrected chi connectivity index (χ0v) is 21.4. The van der Waals surface area contributed by atoms with Crippen LogP contribution in [0, 0.1) is 0 Å². The molecule has 198 valence electrons. The molecule has 5 rings (SSSR count). The van der Waals surface area contributed by atoms with Crippen molar-refractivity contribution in [2.75, 3.05) is 33.5 Å². The molecule has 0 saturated carbocycles. The maximum Gasteiger partial charge on any atom is 0.255 e. The van der Waals surface area contributed by atoms with Crippen molar-refractivity contribution in [3.63, 3.8) is 0 Å². The summed E-state index contributed by atoms with van der Waals surface area (Å²) >= 11 is 0. The minimum Gasteiger partial charge on any atom is -0.497 e. The molecule has 3 aliphatic heterocycles. The number of carbonyl (C=O) groups is 2. The molecule has 2 saturated heterocycles. The van der Waals surface area contributed by atoms with E-state index in [1.807, 2.05) is 30.0 Å². The van der Waals surface area contributed by atoms with Gasteiger partial charge in [-0.25, -0.2) is 0 Å². The van der Waals surface area contributed by atoms with Crippen LogP contribution >= 0.6 is 0 Å². The Kier molecular flexibility index (Phi) is 7.64. The molecule has 2 fully saturated rings. The van der Waals surface area contributed by atoms with Crippen LogP contribution in [0.3, 0.4) is 0 Å². The molecule has 0 aromatic heterocycles. The van der Waals surface area contributed by atoms with E-state index in [4.69, 9.17) is 14.2 Å². The Hall–Kier alpha value is -3.14. The Morgan fingerprint density at radius 1 is 1.16 bits per heavy atom. The molecule has 3 N–H and O–H groups in total. The number of hydrogen-bond acceptors (Lipinski definition) is 7. The molecule has 9 nitrogen and oxygen atoms in total. The van der Waals surface area contributed by atoms with Crippen LogP contribution in [0.5, 0.6) is 11.5 Å². The van der Waals surface area contributed by atoms with Crippen LogP contribution in [-0.2, 0) is 17.7 Å². The van der Waals surface area contributed by atoms with Crippen molar-refractivity contribution in [2.24, 2.45) is 0 Å². The van der Waals surface area contributed by atoms with Crippen molar-refractivity contribution < 1.29 is 28.9 Å². The fourth-order valence-electron chi connectivity index (χ4n) is 5.58. The lowest BCUT2D eigenvalue weighted by atomic mass is 9.92. The van der Waals surface area contributed by atoms with E-state index in [9.17, 15) is 14.7 Å². The fourth-order valence-corrected chi connectivity index (χ4v) is 5.58. The number of benzene rings is 2. The molecule has 0 aliphatic carbocycles. The summed E-state index contributed by atoms with van der Waals surface area (Å²) in [6, 6.07) is 10.9. The summed E-state index contributed by atoms with van der Waals surface area (Å²) < 4.78 is 16.6. The summed E-state index contributed by atoms with van der Waals surface area (Å²) in [5.74, 6) is 0.760. The minimum atomic E-state index is -0.771. The summed E-state index contributed by atoms with van der Waals surface area (Å²) in [5.41, 5.74) is 3.14. The number of hydrogen-bond donors (Lipinski definition) is 3. The van der Waals surface area contributed by atoms with Gasteiger partial charge in [0.05, 0.1) is 50.7 Å². The number of nitrogens with zero attached hydrogens (tertiary/aromatic N) is 1. The van der Waals surface area contributed by atoms with E-state index in [1.54, 1.807) is 25.3 Å². The van der Waals surface area contributed by atoms with Crippen molar-refractivity contribution in [1.29, 1.82) is 0 Å². The number of aliphatic hydroxyl groups excluding tert-OH is 1. The van der Waals surface area contributed by atoms with Gasteiger partial charge in [0.1, 0.15) is 11.5 Å². The molecule has 9 heteroatoms. The highest BCUT2D eigenvalue weighted by molar-refractivity contribution is 6.00. The first-order valence-corrected chi connectivity index (χ1v) is 13.0. The number of carbonyl (C=O) groups excluding carboxylic acids is 2. The van der Waals surface area contributed by atoms with Gasteiger partial charge in [-0.15, -0.1) is 0 Å². The first-order valence-electron chi connectivity index (χ1n) is 13.0. The summed E-state index contributed by atoms with van der Waals surface area (Å²) in [7, 11) is 1.64. The first kappa shape index (κ1) is 25.5. The van der Waals surface area contributed by atoms with E-state index in [2.05, 4.69) is 10.6 Å². The molecule has 3 aliphatic rings. The van der Waals surface area contributed by atoms with Gasteiger partial charge in [0.2, 0.25) is 0 Å². The van der Waals surface area contributed by atoms with E-state index >= 15 is 0 Å². The maximum atomic E-state index is 13.3. The lowest BCUT2D eigenvalue weighted by molar-refractivity contribution is -0.00717. The van der Waals surface area contributed by atoms with Crippen LogP contribution < -0.4 is 20.1 Å². The third kappa shape index (κ3) is 5.30. The van der Waals surface area contributed by atoms with Crippen molar-refractivity contribution >= 4 is 11.8 Å². The monoisotopic (exact) mass is 509 g/mol. The van der Waals surface area contributed by atoms with Gasteiger partial charge < -0.3 is 34.9 Å². The SMILES string of the molecule is CCOc1cc(C(=O)N2C3CCC2COC3)ccc1C(=O)NC[C@@H](O)[C@@H]1Cc2ccc(OC)cc2CN1. The van der Waals surface area contributed by atoms with E-state index in [0.717, 1.165) is 29.7 Å². The Morgan fingerprint density at radius 2 is 1.95 bits per heavy atom. The minimum absolute atomic E-state index is 0.0552. The molecule has 2 bridgehead atoms. The highest BCUT2D eigenvalue weighted by Crippen LogP contribution is 2.31. The second-order valence-electron chi connectivity index (χ2n) is 9.88. The van der Waals surface area contributed by atoms with Crippen molar-refractivity contribution in [3.8, 4) is 11.5 Å². The molecule has 2 aromatic carbocycles. The second-order valence-corrected chi connectivity index (χ2v) is 9.88. The summed E-state index contributed by atoms with van der Waals surface area (Å²) in [5, 5.41) is 17.0. The number of morpholine rings is 1. The molecule has 2 aromatic rings. The van der Waals surface area contributed by atoms with Crippen molar-refractivity contribution in [3.05, 3.63) is 58.7 Å². The number of ether oxygens (including phenoxy) is 3. The summed E-state index contributed by atoms with van der Waals surface area (Å²) in [6.07, 6.45) is 1.79. The second kappa shape index (κ2) is 11.1. The fraction of sp³-hybridized carbons (Fsp3) is 0.500. The number of fused-ring (bicyclic) bond motifs is 3. The highest BCUT2D eigenvalue weighted by Gasteiger charge is 2.40. The predicted octanol–water partition coefficient (Wildman–Crippen LogP) is 1.90. The molecule has 37 heavy (non-hydrogen) atoms. The van der Waals surface area contributed by atoms with Gasteiger partial charge in [-0.1, -0.05) is 6.07 Å². The average Bonchev–Trinajstić information content (AvgIpc) is 3.18. The van der Waals surface area contributed by atoms with Gasteiger partial charge in [0, 0.05) is 24.7 Å². The third-order valence-electron chi connectivity index (χ3n) is 7.59. The van der Waals surface area contributed by atoms with Crippen molar-refractivity contribution in [1.82, 2.24) is 15.5 Å². The van der Waals surface area contributed by atoms with Crippen LogP contribution in [0.2, 0.25) is 0 Å². The molecule has 2 unspecified atom stereocenters. The zero-order chi connectivity index (χ0) is 25.9. The lowest BCUT2D eigenvalue weighted by Gasteiger charge is -2.34. The van der Waals surface area contributed by atoms with Crippen LogP contribution in [0.1, 0.15) is 51.6 Å². The average molecular weight is 510 g/mol. The molecular weight excluding hydrogens is 474 g/mol. The quantitative estimate of drug-likeness (QED) is 0.499. The number of methoxy groups -OCH3 is 1. The van der Waals surface area contributed by atoms with E-state index in [-0.39, 0.29) is 36.5 Å².